The molecule has 0 radical (unpaired) electrons. The predicted molar refractivity (Wildman–Crippen MR) is 239 cm³/mol. The number of carbonyl (C=O) groups excluding carboxylic acids is 2. The van der Waals surface area contributed by atoms with Crippen LogP contribution < -0.4 is 0 Å². The monoisotopic (exact) mass is 806 g/mol. The third-order valence-electron chi connectivity index (χ3n) is 10.4. The molecule has 0 amide bonds. The molecule has 0 saturated heterocycles. The highest BCUT2D eigenvalue weighted by Crippen LogP contribution is 2.41. The minimum Gasteiger partial charge on any atom is -0.289 e. The van der Waals surface area contributed by atoms with Gasteiger partial charge in [0.25, 0.3) is 0 Å². The van der Waals surface area contributed by atoms with Gasteiger partial charge < -0.3 is 0 Å². The van der Waals surface area contributed by atoms with Gasteiger partial charge in [-0.3, -0.25) is 9.59 Å². The molecule has 0 atom stereocenters. The molecule has 0 fully saturated rings. The van der Waals surface area contributed by atoms with Crippen LogP contribution in [0.3, 0.4) is 0 Å². The summed E-state index contributed by atoms with van der Waals surface area (Å²) in [6.45, 7) is 24.2. The van der Waals surface area contributed by atoms with E-state index in [2.05, 4.69) is 20.5 Å². The predicted octanol–water partition coefficient (Wildman–Crippen LogP) is 13.8. The van der Waals surface area contributed by atoms with Crippen LogP contribution in [0.25, 0.3) is 21.5 Å². The summed E-state index contributed by atoms with van der Waals surface area (Å²) in [6.07, 6.45) is 10.7. The van der Waals surface area contributed by atoms with Crippen LogP contribution in [-0.4, -0.2) is 20.0 Å². The fourth-order valence-electron chi connectivity index (χ4n) is 7.13. The highest BCUT2D eigenvalue weighted by Gasteiger charge is 2.35. The first-order chi connectivity index (χ1) is 27.4. The number of fused-ring (bicyclic) bond motifs is 2. The molecule has 0 aliphatic heterocycles. The first kappa shape index (κ1) is 42.9. The highest BCUT2D eigenvalue weighted by molar-refractivity contribution is 7.91. The lowest BCUT2D eigenvalue weighted by Gasteiger charge is -2.31. The van der Waals surface area contributed by atoms with Crippen LogP contribution in [-0.2, 0) is 19.4 Å². The van der Waals surface area contributed by atoms with Gasteiger partial charge in [-0.2, -0.15) is 20.5 Å². The molecule has 0 saturated carbocycles. The van der Waals surface area contributed by atoms with Crippen LogP contribution in [0.1, 0.15) is 83.1 Å². The van der Waals surface area contributed by atoms with Crippen molar-refractivity contribution in [1.82, 2.24) is 0 Å². The van der Waals surface area contributed by atoms with Gasteiger partial charge in [-0.05, 0) is 92.1 Å². The van der Waals surface area contributed by atoms with E-state index in [4.69, 9.17) is 0 Å². The Bertz CT molecular complexity index is 2520. The van der Waals surface area contributed by atoms with E-state index < -0.39 is 9.84 Å². The van der Waals surface area contributed by atoms with Crippen molar-refractivity contribution in [3.8, 4) is 0 Å². The van der Waals surface area contributed by atoms with Crippen molar-refractivity contribution in [2.45, 2.75) is 92.9 Å². The van der Waals surface area contributed by atoms with Crippen LogP contribution in [0, 0.1) is 21.7 Å². The molecule has 6 rings (SSSR count). The average molecular weight is 807 g/mol. The van der Waals surface area contributed by atoms with E-state index in [0.717, 1.165) is 21.9 Å². The lowest BCUT2D eigenvalue weighted by molar-refractivity contribution is -0.114. The minimum atomic E-state index is -4.11. The van der Waals surface area contributed by atoms with Gasteiger partial charge in [-0.1, -0.05) is 132 Å². The number of azo groups is 2. The Hall–Kier alpha value is -5.67. The van der Waals surface area contributed by atoms with Crippen molar-refractivity contribution in [2.75, 3.05) is 0 Å². The topological polar surface area (TPSA) is 118 Å². The van der Waals surface area contributed by atoms with Crippen LogP contribution in [0.2, 0.25) is 0 Å². The third-order valence-corrected chi connectivity index (χ3v) is 12.2. The summed E-state index contributed by atoms with van der Waals surface area (Å²) in [4.78, 5) is 27.0. The second-order valence-corrected chi connectivity index (χ2v) is 21.4. The van der Waals surface area contributed by atoms with E-state index in [9.17, 15) is 18.0 Å². The molecule has 0 heterocycles. The van der Waals surface area contributed by atoms with Gasteiger partial charge >= 0.3 is 0 Å². The second kappa shape index (κ2) is 15.5. The van der Waals surface area contributed by atoms with Gasteiger partial charge in [0.2, 0.25) is 9.84 Å². The van der Waals surface area contributed by atoms with E-state index >= 15 is 0 Å². The maximum Gasteiger partial charge on any atom is 0.206 e. The molecule has 0 unspecified atom stereocenters. The molecule has 59 heavy (non-hydrogen) atoms. The Morgan fingerprint density at radius 3 is 1.07 bits per heavy atom. The van der Waals surface area contributed by atoms with Gasteiger partial charge in [0.1, 0.15) is 0 Å². The second-order valence-electron chi connectivity index (χ2n) is 19.4. The van der Waals surface area contributed by atoms with Crippen LogP contribution in [0.4, 0.5) is 11.4 Å². The Balaban J connectivity index is 1.42. The lowest BCUT2D eigenvalue weighted by Crippen LogP contribution is -2.27. The lowest BCUT2D eigenvalue weighted by atomic mass is 9.72. The van der Waals surface area contributed by atoms with Gasteiger partial charge in [0, 0.05) is 33.1 Å². The number of rotatable bonds is 6. The van der Waals surface area contributed by atoms with Gasteiger partial charge in [0.15, 0.2) is 11.6 Å². The molecule has 8 nitrogen and oxygen atoms in total. The summed E-state index contributed by atoms with van der Waals surface area (Å²) in [5.41, 5.74) is 3.50. The molecule has 0 spiro atoms. The van der Waals surface area contributed by atoms with Crippen molar-refractivity contribution in [3.63, 3.8) is 0 Å². The molecule has 304 valence electrons. The zero-order valence-electron chi connectivity index (χ0n) is 36.2. The maximum atomic E-state index is 14.6. The summed E-state index contributed by atoms with van der Waals surface area (Å²) in [5.74, 6) is 0.0536. The smallest absolute Gasteiger partial charge is 0.206 e. The normalized spacial score (nSPS) is 16.2. The number of allylic oxidation sites excluding steroid dienone is 10. The Morgan fingerprint density at radius 1 is 0.458 bits per heavy atom. The summed E-state index contributed by atoms with van der Waals surface area (Å²) < 4.78 is 29.2. The molecule has 4 aromatic carbocycles. The zero-order chi connectivity index (χ0) is 43.3. The minimum absolute atomic E-state index is 0.0268. The van der Waals surface area contributed by atoms with Gasteiger partial charge in [-0.15, -0.1) is 0 Å². The van der Waals surface area contributed by atoms with Crippen molar-refractivity contribution in [1.29, 1.82) is 0 Å². The largest absolute Gasteiger partial charge is 0.289 e. The fraction of sp³-hybridized carbons (Fsp3) is 0.320. The molecule has 2 aliphatic carbocycles. The van der Waals surface area contributed by atoms with E-state index in [0.29, 0.717) is 44.4 Å². The van der Waals surface area contributed by atoms with Crippen LogP contribution >= 0.6 is 0 Å². The molecule has 9 heteroatoms. The number of hydrogen-bond donors (Lipinski definition) is 0. The molecule has 4 aromatic rings. The number of benzene rings is 4. The Labute approximate surface area is 348 Å². The standard InChI is InChI=1S/C50H54N4O4S/c1-47(2,3)39-21-31(22-40(45(39)55)48(4,5)6)29-51-53-43-27-35(25-33-17-13-15-19-37(33)43)59(57,58)36-26-34-18-14-16-20-38(34)44(28-36)54-52-30-32-23-41(49(7,8)9)46(56)42(24-32)50(10,11)12/h13-30H,1-12H3. The van der Waals surface area contributed by atoms with E-state index in [1.807, 2.05) is 156 Å². The number of carbonyl (C=O) groups is 2. The summed E-state index contributed by atoms with van der Waals surface area (Å²) in [5, 5.41) is 20.9. The van der Waals surface area contributed by atoms with Gasteiger partial charge in [-0.25, -0.2) is 8.42 Å². The van der Waals surface area contributed by atoms with Crippen LogP contribution in [0.15, 0.2) is 173 Å². The molecular formula is C50H54N4O4S. The molecule has 0 aromatic heterocycles. The number of nitrogens with zero attached hydrogens (tertiary/aromatic N) is 4. The SMILES string of the molecule is CC(C)(C)C1=CC(=CN=Nc2cc(S(=O)(=O)c3cc(N=NC=C4C=C(C(C)(C)C)C(=O)C(C(C)(C)C)=C4)c4ccccc4c3)cc3ccccc23)C=C(C(C)(C)C)C1=O. The third kappa shape index (κ3) is 9.15. The maximum absolute atomic E-state index is 14.6. The molecule has 2 aliphatic rings. The number of ketones is 2. The van der Waals surface area contributed by atoms with Crippen molar-refractivity contribution in [2.24, 2.45) is 42.1 Å². The van der Waals surface area contributed by atoms with Crippen LogP contribution in [0.5, 0.6) is 0 Å². The Morgan fingerprint density at radius 2 is 0.763 bits per heavy atom. The highest BCUT2D eigenvalue weighted by atomic mass is 32.2. The number of hydrogen-bond acceptors (Lipinski definition) is 8. The van der Waals surface area contributed by atoms with Crippen molar-refractivity contribution < 1.29 is 18.0 Å². The van der Waals surface area contributed by atoms with Gasteiger partial charge in [0.05, 0.1) is 33.6 Å². The molecule has 0 N–H and O–H groups in total. The number of sulfone groups is 1. The summed E-state index contributed by atoms with van der Waals surface area (Å²) in [7, 11) is -4.11. The summed E-state index contributed by atoms with van der Waals surface area (Å²) >= 11 is 0. The molecule has 0 bridgehead atoms. The fourth-order valence-corrected chi connectivity index (χ4v) is 8.50. The molecular weight excluding hydrogens is 753 g/mol. The first-order valence-electron chi connectivity index (χ1n) is 19.9. The van der Waals surface area contributed by atoms with E-state index in [-0.39, 0.29) is 43.0 Å². The quantitative estimate of drug-likeness (QED) is 0.180. The first-order valence-corrected chi connectivity index (χ1v) is 21.3. The number of Topliss-reactive ketones (excluding diaryl/α,β-unsaturated/α-hetero) is 2. The van der Waals surface area contributed by atoms with Crippen molar-refractivity contribution >= 4 is 54.3 Å². The van der Waals surface area contributed by atoms with E-state index in [1.54, 1.807) is 36.7 Å². The van der Waals surface area contributed by atoms with Crippen molar-refractivity contribution in [3.05, 3.63) is 143 Å². The average Bonchev–Trinajstić information content (AvgIpc) is 3.13. The van der Waals surface area contributed by atoms with E-state index in [1.165, 1.54) is 0 Å². The Kier molecular flexibility index (Phi) is 11.3. The zero-order valence-corrected chi connectivity index (χ0v) is 37.0. The summed E-state index contributed by atoms with van der Waals surface area (Å²) in [6, 6.07) is 21.3.